The fourth-order valence-electron chi connectivity index (χ4n) is 7.87. The Morgan fingerprint density at radius 2 is 0.719 bits per heavy atom. The van der Waals surface area contributed by atoms with E-state index >= 15 is 0 Å². The lowest BCUT2D eigenvalue weighted by molar-refractivity contribution is -0.132. The molecule has 0 aliphatic carbocycles. The molecule has 6 heteroatoms. The number of aliphatic hydroxyl groups excluding tert-OH is 4. The Balaban J connectivity index is 3.66. The number of amides is 1. The Bertz CT molecular complexity index is 863. The van der Waals surface area contributed by atoms with Gasteiger partial charge in [-0.1, -0.05) is 224 Å². The van der Waals surface area contributed by atoms with E-state index in [-0.39, 0.29) is 0 Å². The Hall–Kier alpha value is -1.21. The molecule has 0 heterocycles. The van der Waals surface area contributed by atoms with Crippen molar-refractivity contribution in [3.63, 3.8) is 0 Å². The lowest BCUT2D eigenvalue weighted by Crippen LogP contribution is -2.53. The minimum atomic E-state index is -1.28. The van der Waals surface area contributed by atoms with E-state index in [0.29, 0.717) is 12.8 Å². The first-order chi connectivity index (χ1) is 28.0. The van der Waals surface area contributed by atoms with E-state index in [1.54, 1.807) is 0 Å². The quantitative estimate of drug-likeness (QED) is 0.0311. The third kappa shape index (κ3) is 40.0. The van der Waals surface area contributed by atoms with Crippen molar-refractivity contribution in [3.05, 3.63) is 24.3 Å². The van der Waals surface area contributed by atoms with Crippen LogP contribution < -0.4 is 5.32 Å². The van der Waals surface area contributed by atoms with Gasteiger partial charge in [-0.3, -0.25) is 4.79 Å². The topological polar surface area (TPSA) is 110 Å². The normalized spacial score (nSPS) is 14.1. The summed E-state index contributed by atoms with van der Waals surface area (Å²) in [4.78, 5) is 12.5. The zero-order valence-corrected chi connectivity index (χ0v) is 38.1. The fraction of sp³-hybridized carbons (Fsp3) is 0.902. The van der Waals surface area contributed by atoms with Gasteiger partial charge in [-0.15, -0.1) is 0 Å². The number of hydrogen-bond donors (Lipinski definition) is 5. The average Bonchev–Trinajstić information content (AvgIpc) is 3.22. The van der Waals surface area contributed by atoms with Crippen molar-refractivity contribution < 1.29 is 25.2 Å². The zero-order chi connectivity index (χ0) is 41.7. The van der Waals surface area contributed by atoms with E-state index in [2.05, 4.69) is 43.5 Å². The van der Waals surface area contributed by atoms with Crippen molar-refractivity contribution in [2.24, 2.45) is 0 Å². The van der Waals surface area contributed by atoms with Crippen LogP contribution in [-0.4, -0.2) is 57.3 Å². The maximum atomic E-state index is 12.5. The molecule has 4 unspecified atom stereocenters. The average molecular weight is 806 g/mol. The van der Waals surface area contributed by atoms with Gasteiger partial charge in [0.15, 0.2) is 0 Å². The van der Waals surface area contributed by atoms with Gasteiger partial charge < -0.3 is 25.7 Å². The second-order valence-corrected chi connectivity index (χ2v) is 17.5. The van der Waals surface area contributed by atoms with Crippen molar-refractivity contribution in [1.82, 2.24) is 5.32 Å². The summed E-state index contributed by atoms with van der Waals surface area (Å²) in [5.74, 6) is -0.597. The van der Waals surface area contributed by atoms with Gasteiger partial charge in [0.2, 0.25) is 5.91 Å². The number of hydrogen-bond acceptors (Lipinski definition) is 5. The van der Waals surface area contributed by atoms with Gasteiger partial charge in [-0.25, -0.2) is 0 Å². The Morgan fingerprint density at radius 3 is 1.07 bits per heavy atom. The first kappa shape index (κ1) is 55.8. The van der Waals surface area contributed by atoms with Crippen LogP contribution in [0.5, 0.6) is 0 Å². The molecule has 0 fully saturated rings. The van der Waals surface area contributed by atoms with Crippen LogP contribution >= 0.6 is 0 Å². The van der Waals surface area contributed by atoms with Crippen LogP contribution in [0.1, 0.15) is 264 Å². The summed E-state index contributed by atoms with van der Waals surface area (Å²) in [6, 6.07) is -1.00. The van der Waals surface area contributed by atoms with Crippen LogP contribution in [0.25, 0.3) is 0 Å². The van der Waals surface area contributed by atoms with E-state index in [4.69, 9.17) is 0 Å². The molecule has 0 saturated heterocycles. The summed E-state index contributed by atoms with van der Waals surface area (Å²) in [6.45, 7) is 4.04. The molecule has 0 bridgehead atoms. The van der Waals surface area contributed by atoms with Gasteiger partial charge in [0.25, 0.3) is 0 Å². The molecule has 338 valence electrons. The largest absolute Gasteiger partial charge is 0.394 e. The third-order valence-electron chi connectivity index (χ3n) is 11.9. The smallest absolute Gasteiger partial charge is 0.249 e. The van der Waals surface area contributed by atoms with Crippen molar-refractivity contribution in [1.29, 1.82) is 0 Å². The van der Waals surface area contributed by atoms with Crippen LogP contribution in [0.2, 0.25) is 0 Å². The molecule has 0 aliphatic heterocycles. The van der Waals surface area contributed by atoms with Crippen LogP contribution in [0.4, 0.5) is 0 Å². The number of allylic oxidation sites excluding steroid dienone is 4. The van der Waals surface area contributed by atoms with Gasteiger partial charge in [-0.05, 0) is 64.2 Å². The summed E-state index contributed by atoms with van der Waals surface area (Å²) in [5, 5.41) is 43.7. The van der Waals surface area contributed by atoms with Crippen LogP contribution in [0.3, 0.4) is 0 Å². The van der Waals surface area contributed by atoms with Gasteiger partial charge in [0.05, 0.1) is 18.8 Å². The number of carbonyl (C=O) groups is 1. The predicted molar refractivity (Wildman–Crippen MR) is 247 cm³/mol. The van der Waals surface area contributed by atoms with Gasteiger partial charge in [-0.2, -0.15) is 0 Å². The summed E-state index contributed by atoms with van der Waals surface area (Å²) in [6.07, 6.45) is 53.8. The van der Waals surface area contributed by atoms with E-state index < -0.39 is 36.9 Å². The lowest BCUT2D eigenvalue weighted by atomic mass is 10.00. The summed E-state index contributed by atoms with van der Waals surface area (Å²) in [7, 11) is 0. The molecule has 0 rings (SSSR count). The first-order valence-corrected chi connectivity index (χ1v) is 25.2. The molecular formula is C51H99NO5. The third-order valence-corrected chi connectivity index (χ3v) is 11.9. The summed E-state index contributed by atoms with van der Waals surface area (Å²) >= 11 is 0. The molecule has 0 spiro atoms. The molecular weight excluding hydrogens is 707 g/mol. The lowest BCUT2D eigenvalue weighted by Gasteiger charge is -2.27. The Kier molecular flexibility index (Phi) is 44.9. The Labute approximate surface area is 354 Å². The molecule has 0 aromatic rings. The first-order valence-electron chi connectivity index (χ1n) is 25.2. The summed E-state index contributed by atoms with van der Waals surface area (Å²) < 4.78 is 0. The second kappa shape index (κ2) is 45.9. The van der Waals surface area contributed by atoms with E-state index in [0.717, 1.165) is 44.9 Å². The molecule has 0 saturated carbocycles. The summed E-state index contributed by atoms with van der Waals surface area (Å²) in [5.41, 5.74) is 0. The Morgan fingerprint density at radius 1 is 0.421 bits per heavy atom. The number of rotatable bonds is 46. The maximum Gasteiger partial charge on any atom is 0.249 e. The van der Waals surface area contributed by atoms with Crippen molar-refractivity contribution in [3.8, 4) is 0 Å². The van der Waals surface area contributed by atoms with Gasteiger partial charge in [0.1, 0.15) is 12.2 Å². The highest BCUT2D eigenvalue weighted by Gasteiger charge is 2.28. The van der Waals surface area contributed by atoms with Gasteiger partial charge >= 0.3 is 0 Å². The predicted octanol–water partition coefficient (Wildman–Crippen LogP) is 13.9. The zero-order valence-electron chi connectivity index (χ0n) is 38.1. The molecule has 0 radical (unpaired) electrons. The van der Waals surface area contributed by atoms with Crippen molar-refractivity contribution in [2.45, 2.75) is 289 Å². The monoisotopic (exact) mass is 806 g/mol. The van der Waals surface area contributed by atoms with E-state index in [1.807, 2.05) is 0 Å². The molecule has 4 atom stereocenters. The number of aliphatic hydroxyl groups is 4. The van der Waals surface area contributed by atoms with Crippen molar-refractivity contribution in [2.75, 3.05) is 6.61 Å². The molecule has 57 heavy (non-hydrogen) atoms. The van der Waals surface area contributed by atoms with Gasteiger partial charge in [0, 0.05) is 0 Å². The standard InChI is InChI=1S/C51H99NO5/c1-3-5-7-9-11-13-15-17-19-20-21-22-23-24-25-26-27-28-29-30-31-33-34-36-38-40-42-44-48(54)50(56)47(46-53)52-51(57)49(55)45-43-41-39-37-35-32-18-16-14-12-10-8-6-4-2/h14,16,36,38,47-50,53-56H,3-13,15,17-35,37,39-46H2,1-2H3,(H,52,57)/b16-14-,38-36+. The highest BCUT2D eigenvalue weighted by atomic mass is 16.3. The number of carbonyl (C=O) groups excluding carboxylic acids is 1. The van der Waals surface area contributed by atoms with Crippen LogP contribution in [0.15, 0.2) is 24.3 Å². The molecule has 0 aliphatic rings. The van der Waals surface area contributed by atoms with Crippen LogP contribution in [0, 0.1) is 0 Å². The van der Waals surface area contributed by atoms with Crippen molar-refractivity contribution >= 4 is 5.91 Å². The molecule has 0 aromatic heterocycles. The molecule has 1 amide bonds. The number of nitrogens with one attached hydrogen (secondary N) is 1. The highest BCUT2D eigenvalue weighted by Crippen LogP contribution is 2.17. The fourth-order valence-corrected chi connectivity index (χ4v) is 7.87. The van der Waals surface area contributed by atoms with E-state index in [1.165, 1.54) is 193 Å². The SMILES string of the molecule is CCCCCC/C=C\CCCCCCCCC(O)C(=O)NC(CO)C(O)C(O)CCC/C=C/CCCCCCCCCCCCCCCCCCCCCCCC. The van der Waals surface area contributed by atoms with Crippen LogP contribution in [-0.2, 0) is 4.79 Å². The molecule has 5 N–H and O–H groups in total. The highest BCUT2D eigenvalue weighted by molar-refractivity contribution is 5.80. The number of unbranched alkanes of at least 4 members (excludes halogenated alkanes) is 33. The maximum absolute atomic E-state index is 12.5. The minimum absolute atomic E-state index is 0.356. The molecule has 0 aromatic carbocycles. The molecule has 6 nitrogen and oxygen atoms in total. The van der Waals surface area contributed by atoms with E-state index in [9.17, 15) is 25.2 Å². The minimum Gasteiger partial charge on any atom is -0.394 e. The second-order valence-electron chi connectivity index (χ2n) is 17.5.